The SMILES string of the molecule is Cl.NNCCc1ccc(Cl)c(Cl)c1. The number of hydrogen-bond acceptors (Lipinski definition) is 2. The van der Waals surface area contributed by atoms with Crippen LogP contribution in [0.15, 0.2) is 18.2 Å². The molecule has 0 aliphatic carbocycles. The molecule has 1 aromatic rings. The lowest BCUT2D eigenvalue weighted by atomic mass is 10.1. The first kappa shape index (κ1) is 13.0. The Kier molecular flexibility index (Phi) is 6.47. The Morgan fingerprint density at radius 3 is 2.46 bits per heavy atom. The lowest BCUT2D eigenvalue weighted by Gasteiger charge is -2.01. The maximum absolute atomic E-state index is 5.81. The normalized spacial score (nSPS) is 9.46. The van der Waals surface area contributed by atoms with Crippen molar-refractivity contribution in [2.45, 2.75) is 6.42 Å². The molecular weight excluding hydrogens is 230 g/mol. The minimum atomic E-state index is 0. The summed E-state index contributed by atoms with van der Waals surface area (Å²) in [6.07, 6.45) is 0.855. The number of nitrogens with two attached hydrogens (primary N) is 1. The molecule has 1 aromatic carbocycles. The van der Waals surface area contributed by atoms with E-state index in [-0.39, 0.29) is 12.4 Å². The van der Waals surface area contributed by atoms with Crippen LogP contribution in [0.2, 0.25) is 10.0 Å². The molecule has 0 fully saturated rings. The lowest BCUT2D eigenvalue weighted by Crippen LogP contribution is -2.24. The van der Waals surface area contributed by atoms with Gasteiger partial charge in [0.1, 0.15) is 0 Å². The quantitative estimate of drug-likeness (QED) is 0.630. The van der Waals surface area contributed by atoms with Crippen LogP contribution in [0.1, 0.15) is 5.56 Å². The summed E-state index contributed by atoms with van der Waals surface area (Å²) < 4.78 is 0. The number of benzene rings is 1. The van der Waals surface area contributed by atoms with E-state index in [9.17, 15) is 0 Å². The van der Waals surface area contributed by atoms with Gasteiger partial charge < -0.3 is 0 Å². The van der Waals surface area contributed by atoms with Gasteiger partial charge in [0.2, 0.25) is 0 Å². The molecule has 0 aliphatic heterocycles. The molecule has 0 unspecified atom stereocenters. The van der Waals surface area contributed by atoms with Crippen LogP contribution in [0.4, 0.5) is 0 Å². The predicted molar refractivity (Wildman–Crippen MR) is 59.6 cm³/mol. The molecule has 2 nitrogen and oxygen atoms in total. The molecule has 0 amide bonds. The fourth-order valence-corrected chi connectivity index (χ4v) is 1.23. The molecule has 0 saturated carbocycles. The monoisotopic (exact) mass is 240 g/mol. The average Bonchev–Trinajstić information content (AvgIpc) is 2.07. The van der Waals surface area contributed by atoms with E-state index in [1.165, 1.54) is 0 Å². The molecule has 0 aliphatic rings. The standard InChI is InChI=1S/C8H10Cl2N2.ClH/c9-7-2-1-6(3-4-12-11)5-8(7)10;/h1-2,5,12H,3-4,11H2;1H. The maximum Gasteiger partial charge on any atom is 0.0595 e. The highest BCUT2D eigenvalue weighted by Crippen LogP contribution is 2.22. The summed E-state index contributed by atoms with van der Waals surface area (Å²) in [4.78, 5) is 0. The zero-order chi connectivity index (χ0) is 8.97. The molecular formula is C8H11Cl3N2. The number of hydrogen-bond donors (Lipinski definition) is 2. The van der Waals surface area contributed by atoms with Gasteiger partial charge in [0.25, 0.3) is 0 Å². The smallest absolute Gasteiger partial charge is 0.0595 e. The molecule has 0 atom stereocenters. The van der Waals surface area contributed by atoms with Gasteiger partial charge in [0.05, 0.1) is 10.0 Å². The van der Waals surface area contributed by atoms with Gasteiger partial charge in [0.15, 0.2) is 0 Å². The van der Waals surface area contributed by atoms with Gasteiger partial charge in [-0.15, -0.1) is 12.4 Å². The second-order valence-corrected chi connectivity index (χ2v) is 3.27. The maximum atomic E-state index is 5.81. The molecule has 0 spiro atoms. The third kappa shape index (κ3) is 4.16. The minimum Gasteiger partial charge on any atom is -0.271 e. The highest BCUT2D eigenvalue weighted by Gasteiger charge is 1.98. The summed E-state index contributed by atoms with van der Waals surface area (Å²) in [5, 5.41) is 1.17. The predicted octanol–water partition coefficient (Wildman–Crippen LogP) is 2.42. The van der Waals surface area contributed by atoms with E-state index >= 15 is 0 Å². The molecule has 74 valence electrons. The Morgan fingerprint density at radius 1 is 1.23 bits per heavy atom. The first-order valence-electron chi connectivity index (χ1n) is 3.61. The van der Waals surface area contributed by atoms with Crippen molar-refractivity contribution in [2.75, 3.05) is 6.54 Å². The van der Waals surface area contributed by atoms with E-state index in [0.717, 1.165) is 18.5 Å². The molecule has 0 bridgehead atoms. The second kappa shape index (κ2) is 6.46. The highest BCUT2D eigenvalue weighted by atomic mass is 35.5. The van der Waals surface area contributed by atoms with Crippen LogP contribution >= 0.6 is 35.6 Å². The Hall–Kier alpha value is 0.01000. The van der Waals surface area contributed by atoms with Gasteiger partial charge in [-0.2, -0.15) is 0 Å². The lowest BCUT2D eigenvalue weighted by molar-refractivity contribution is 0.728. The fourth-order valence-electron chi connectivity index (χ4n) is 0.912. The van der Waals surface area contributed by atoms with Gasteiger partial charge >= 0.3 is 0 Å². The van der Waals surface area contributed by atoms with Gasteiger partial charge in [-0.3, -0.25) is 11.3 Å². The van der Waals surface area contributed by atoms with Crippen molar-refractivity contribution in [1.29, 1.82) is 0 Å². The van der Waals surface area contributed by atoms with Crippen LogP contribution in [0, 0.1) is 0 Å². The average molecular weight is 242 g/mol. The Balaban J connectivity index is 0.00000144. The number of halogens is 3. The third-order valence-corrected chi connectivity index (χ3v) is 2.28. The molecule has 3 N–H and O–H groups in total. The van der Waals surface area contributed by atoms with Crippen molar-refractivity contribution in [3.8, 4) is 0 Å². The summed E-state index contributed by atoms with van der Waals surface area (Å²) in [5.74, 6) is 5.14. The van der Waals surface area contributed by atoms with Gasteiger partial charge in [0, 0.05) is 6.54 Å². The van der Waals surface area contributed by atoms with Crippen molar-refractivity contribution in [3.63, 3.8) is 0 Å². The zero-order valence-corrected chi connectivity index (χ0v) is 9.22. The summed E-state index contributed by atoms with van der Waals surface area (Å²) >= 11 is 11.6. The first-order valence-corrected chi connectivity index (χ1v) is 4.37. The number of nitrogens with one attached hydrogen (secondary N) is 1. The zero-order valence-electron chi connectivity index (χ0n) is 6.89. The van der Waals surface area contributed by atoms with Crippen molar-refractivity contribution in [1.82, 2.24) is 5.43 Å². The van der Waals surface area contributed by atoms with E-state index in [0.29, 0.717) is 10.0 Å². The molecule has 0 saturated heterocycles. The van der Waals surface area contributed by atoms with Crippen LogP contribution in [-0.2, 0) is 6.42 Å². The van der Waals surface area contributed by atoms with Crippen LogP contribution in [0.25, 0.3) is 0 Å². The topological polar surface area (TPSA) is 38.0 Å². The molecule has 0 aromatic heterocycles. The highest BCUT2D eigenvalue weighted by molar-refractivity contribution is 6.42. The molecule has 1 rings (SSSR count). The molecule has 5 heteroatoms. The Bertz CT molecular complexity index is 266. The second-order valence-electron chi connectivity index (χ2n) is 2.45. The molecule has 13 heavy (non-hydrogen) atoms. The fraction of sp³-hybridized carbons (Fsp3) is 0.250. The summed E-state index contributed by atoms with van der Waals surface area (Å²) in [5.41, 5.74) is 3.70. The van der Waals surface area contributed by atoms with Crippen molar-refractivity contribution >= 4 is 35.6 Å². The van der Waals surface area contributed by atoms with Crippen molar-refractivity contribution in [2.24, 2.45) is 5.84 Å². The largest absolute Gasteiger partial charge is 0.271 e. The summed E-state index contributed by atoms with van der Waals surface area (Å²) in [6, 6.07) is 5.57. The van der Waals surface area contributed by atoms with E-state index in [4.69, 9.17) is 29.0 Å². The van der Waals surface area contributed by atoms with Gasteiger partial charge in [-0.1, -0.05) is 29.3 Å². The van der Waals surface area contributed by atoms with Crippen LogP contribution < -0.4 is 11.3 Å². The first-order chi connectivity index (χ1) is 5.74. The van der Waals surface area contributed by atoms with E-state index in [2.05, 4.69) is 5.43 Å². The van der Waals surface area contributed by atoms with Gasteiger partial charge in [-0.25, -0.2) is 0 Å². The minimum absolute atomic E-state index is 0. The summed E-state index contributed by atoms with van der Waals surface area (Å²) in [6.45, 7) is 0.734. The van der Waals surface area contributed by atoms with Crippen LogP contribution in [0.5, 0.6) is 0 Å². The van der Waals surface area contributed by atoms with Crippen LogP contribution in [0.3, 0.4) is 0 Å². The molecule has 0 heterocycles. The van der Waals surface area contributed by atoms with E-state index in [1.54, 1.807) is 6.07 Å². The van der Waals surface area contributed by atoms with E-state index in [1.807, 2.05) is 12.1 Å². The third-order valence-electron chi connectivity index (χ3n) is 1.54. The number of rotatable bonds is 3. The van der Waals surface area contributed by atoms with Crippen molar-refractivity contribution < 1.29 is 0 Å². The van der Waals surface area contributed by atoms with Crippen molar-refractivity contribution in [3.05, 3.63) is 33.8 Å². The Morgan fingerprint density at radius 2 is 1.92 bits per heavy atom. The van der Waals surface area contributed by atoms with Crippen LogP contribution in [-0.4, -0.2) is 6.54 Å². The number of hydrazine groups is 1. The Labute approximate surface area is 93.8 Å². The van der Waals surface area contributed by atoms with E-state index < -0.39 is 0 Å². The summed E-state index contributed by atoms with van der Waals surface area (Å²) in [7, 11) is 0. The molecule has 0 radical (unpaired) electrons. The van der Waals surface area contributed by atoms with Gasteiger partial charge in [-0.05, 0) is 24.1 Å².